The lowest BCUT2D eigenvalue weighted by molar-refractivity contribution is -0.122. The van der Waals surface area contributed by atoms with E-state index in [1.807, 2.05) is 35.0 Å². The number of hydrogen-bond acceptors (Lipinski definition) is 3. The largest absolute Gasteiger partial charge is 0.351 e. The van der Waals surface area contributed by atoms with Crippen LogP contribution in [0.2, 0.25) is 0 Å². The van der Waals surface area contributed by atoms with Crippen LogP contribution < -0.4 is 11.1 Å². The first-order chi connectivity index (χ1) is 9.15. The van der Waals surface area contributed by atoms with E-state index in [-0.39, 0.29) is 18.3 Å². The van der Waals surface area contributed by atoms with Crippen molar-refractivity contribution in [2.45, 2.75) is 26.1 Å². The van der Waals surface area contributed by atoms with E-state index < -0.39 is 6.04 Å². The van der Waals surface area contributed by atoms with Crippen molar-refractivity contribution < 1.29 is 4.79 Å². The molecule has 5 nitrogen and oxygen atoms in total. The molecule has 2 aromatic rings. The summed E-state index contributed by atoms with van der Waals surface area (Å²) in [7, 11) is 0. The van der Waals surface area contributed by atoms with Gasteiger partial charge in [-0.05, 0) is 18.1 Å². The number of carbonyl (C=O) groups is 1. The van der Waals surface area contributed by atoms with Crippen LogP contribution in [0.25, 0.3) is 0 Å². The number of halogens is 1. The van der Waals surface area contributed by atoms with E-state index in [9.17, 15) is 4.79 Å². The molecule has 0 spiro atoms. The Labute approximate surface area is 124 Å². The van der Waals surface area contributed by atoms with Crippen molar-refractivity contribution in [3.63, 3.8) is 0 Å². The molecule has 2 rings (SSSR count). The summed E-state index contributed by atoms with van der Waals surface area (Å²) in [6.07, 6.45) is 5.48. The van der Waals surface area contributed by atoms with Crippen LogP contribution in [0.4, 0.5) is 0 Å². The molecule has 0 saturated carbocycles. The van der Waals surface area contributed by atoms with E-state index >= 15 is 0 Å². The van der Waals surface area contributed by atoms with Gasteiger partial charge in [0.25, 0.3) is 0 Å². The number of nitrogens with zero attached hydrogens (tertiary/aromatic N) is 2. The summed E-state index contributed by atoms with van der Waals surface area (Å²) in [5.74, 6) is -0.137. The molecule has 0 aliphatic rings. The standard InChI is InChI=1S/C14H18N4O.ClH/c1-11(15)14(19)17-8-12-2-4-13(5-3-12)9-18-7-6-16-10-18;/h2-7,10-11H,8-9,15H2,1H3,(H,17,19);1H. The van der Waals surface area contributed by atoms with Crippen LogP contribution in [-0.4, -0.2) is 21.5 Å². The highest BCUT2D eigenvalue weighted by Gasteiger charge is 2.05. The molecule has 0 aliphatic carbocycles. The van der Waals surface area contributed by atoms with E-state index in [0.29, 0.717) is 6.54 Å². The highest BCUT2D eigenvalue weighted by molar-refractivity contribution is 5.85. The predicted molar refractivity (Wildman–Crippen MR) is 80.5 cm³/mol. The number of benzene rings is 1. The van der Waals surface area contributed by atoms with Gasteiger partial charge < -0.3 is 15.6 Å². The topological polar surface area (TPSA) is 72.9 Å². The molecule has 0 radical (unpaired) electrons. The molecule has 0 bridgehead atoms. The molecule has 1 amide bonds. The first-order valence-electron chi connectivity index (χ1n) is 6.22. The van der Waals surface area contributed by atoms with E-state index in [2.05, 4.69) is 10.3 Å². The third-order valence-electron chi connectivity index (χ3n) is 2.83. The maximum Gasteiger partial charge on any atom is 0.236 e. The minimum Gasteiger partial charge on any atom is -0.351 e. The molecular weight excluding hydrogens is 276 g/mol. The number of nitrogens with one attached hydrogen (secondary N) is 1. The van der Waals surface area contributed by atoms with Crippen molar-refractivity contribution in [2.24, 2.45) is 5.73 Å². The lowest BCUT2D eigenvalue weighted by atomic mass is 10.1. The third-order valence-corrected chi connectivity index (χ3v) is 2.83. The monoisotopic (exact) mass is 294 g/mol. The molecule has 1 atom stereocenters. The average molecular weight is 295 g/mol. The molecule has 1 heterocycles. The maximum atomic E-state index is 11.3. The Kier molecular flexibility index (Phi) is 6.21. The Bertz CT molecular complexity index is 523. The fourth-order valence-electron chi connectivity index (χ4n) is 1.70. The smallest absolute Gasteiger partial charge is 0.236 e. The summed E-state index contributed by atoms with van der Waals surface area (Å²) in [6.45, 7) is 2.97. The van der Waals surface area contributed by atoms with E-state index in [4.69, 9.17) is 5.73 Å². The van der Waals surface area contributed by atoms with Gasteiger partial charge in [-0.1, -0.05) is 24.3 Å². The molecule has 20 heavy (non-hydrogen) atoms. The van der Waals surface area contributed by atoms with Crippen LogP contribution in [0.3, 0.4) is 0 Å². The summed E-state index contributed by atoms with van der Waals surface area (Å²) in [6, 6.07) is 7.64. The van der Waals surface area contributed by atoms with E-state index in [1.165, 1.54) is 5.56 Å². The van der Waals surface area contributed by atoms with Crippen molar-refractivity contribution in [3.05, 3.63) is 54.1 Å². The van der Waals surface area contributed by atoms with Crippen molar-refractivity contribution in [1.29, 1.82) is 0 Å². The number of rotatable bonds is 5. The molecule has 0 saturated heterocycles. The van der Waals surface area contributed by atoms with Crippen LogP contribution in [0, 0.1) is 0 Å². The molecule has 6 heteroatoms. The predicted octanol–water partition coefficient (Wildman–Crippen LogP) is 1.32. The van der Waals surface area contributed by atoms with Gasteiger partial charge in [0.1, 0.15) is 0 Å². The summed E-state index contributed by atoms with van der Waals surface area (Å²) in [4.78, 5) is 15.4. The first-order valence-corrected chi connectivity index (χ1v) is 6.22. The minimum atomic E-state index is -0.472. The maximum absolute atomic E-state index is 11.3. The zero-order valence-electron chi connectivity index (χ0n) is 11.3. The molecular formula is C14H19ClN4O. The zero-order chi connectivity index (χ0) is 13.7. The van der Waals surface area contributed by atoms with Gasteiger partial charge in [-0.25, -0.2) is 4.98 Å². The van der Waals surface area contributed by atoms with Crippen LogP contribution in [0.15, 0.2) is 43.0 Å². The Morgan fingerprint density at radius 2 is 2.00 bits per heavy atom. The number of nitrogens with two attached hydrogens (primary N) is 1. The second-order valence-electron chi connectivity index (χ2n) is 4.56. The van der Waals surface area contributed by atoms with Crippen LogP contribution in [-0.2, 0) is 17.9 Å². The molecule has 0 aliphatic heterocycles. The third kappa shape index (κ3) is 4.68. The molecule has 3 N–H and O–H groups in total. The number of amides is 1. The quantitative estimate of drug-likeness (QED) is 0.873. The van der Waals surface area contributed by atoms with Crippen molar-refractivity contribution in [2.75, 3.05) is 0 Å². The first kappa shape index (κ1) is 16.2. The van der Waals surface area contributed by atoms with Crippen LogP contribution in [0.1, 0.15) is 18.1 Å². The zero-order valence-corrected chi connectivity index (χ0v) is 12.1. The van der Waals surface area contributed by atoms with Crippen molar-refractivity contribution in [3.8, 4) is 0 Å². The number of carbonyl (C=O) groups excluding carboxylic acids is 1. The van der Waals surface area contributed by atoms with E-state index in [1.54, 1.807) is 19.4 Å². The fraction of sp³-hybridized carbons (Fsp3) is 0.286. The Balaban J connectivity index is 0.00000200. The van der Waals surface area contributed by atoms with Gasteiger partial charge in [-0.15, -0.1) is 12.4 Å². The van der Waals surface area contributed by atoms with Gasteiger partial charge in [-0.3, -0.25) is 4.79 Å². The van der Waals surface area contributed by atoms with Gasteiger partial charge >= 0.3 is 0 Å². The summed E-state index contributed by atoms with van der Waals surface area (Å²) >= 11 is 0. The Hall–Kier alpha value is -1.85. The van der Waals surface area contributed by atoms with Gasteiger partial charge in [0.15, 0.2) is 0 Å². The Morgan fingerprint density at radius 3 is 2.55 bits per heavy atom. The van der Waals surface area contributed by atoms with Gasteiger partial charge in [-0.2, -0.15) is 0 Å². The molecule has 108 valence electrons. The number of hydrogen-bond donors (Lipinski definition) is 2. The molecule has 1 aromatic heterocycles. The highest BCUT2D eigenvalue weighted by Crippen LogP contribution is 2.06. The van der Waals surface area contributed by atoms with Crippen molar-refractivity contribution in [1.82, 2.24) is 14.9 Å². The molecule has 1 aromatic carbocycles. The summed E-state index contributed by atoms with van der Waals surface area (Å²) < 4.78 is 2.01. The molecule has 1 unspecified atom stereocenters. The fourth-order valence-corrected chi connectivity index (χ4v) is 1.70. The van der Waals surface area contributed by atoms with Crippen LogP contribution in [0.5, 0.6) is 0 Å². The summed E-state index contributed by atoms with van der Waals surface area (Å²) in [5.41, 5.74) is 7.73. The lowest BCUT2D eigenvalue weighted by Crippen LogP contribution is -2.37. The number of aromatic nitrogens is 2. The molecule has 0 fully saturated rings. The van der Waals surface area contributed by atoms with E-state index in [0.717, 1.165) is 12.1 Å². The SMILES string of the molecule is CC(N)C(=O)NCc1ccc(Cn2ccnc2)cc1.Cl. The summed E-state index contributed by atoms with van der Waals surface area (Å²) in [5, 5.41) is 2.78. The number of imidazole rings is 1. The highest BCUT2D eigenvalue weighted by atomic mass is 35.5. The van der Waals surface area contributed by atoms with Gasteiger partial charge in [0.05, 0.1) is 12.4 Å². The average Bonchev–Trinajstić information content (AvgIpc) is 2.90. The van der Waals surface area contributed by atoms with Crippen molar-refractivity contribution >= 4 is 18.3 Å². The minimum absolute atomic E-state index is 0. The van der Waals surface area contributed by atoms with Crippen LogP contribution >= 0.6 is 12.4 Å². The van der Waals surface area contributed by atoms with Gasteiger partial charge in [0, 0.05) is 25.5 Å². The normalized spacial score (nSPS) is 11.5. The Morgan fingerprint density at radius 1 is 1.35 bits per heavy atom. The lowest BCUT2D eigenvalue weighted by Gasteiger charge is -2.08. The van der Waals surface area contributed by atoms with Gasteiger partial charge in [0.2, 0.25) is 5.91 Å². The second-order valence-corrected chi connectivity index (χ2v) is 4.56. The second kappa shape index (κ2) is 7.67.